The summed E-state index contributed by atoms with van der Waals surface area (Å²) >= 11 is 0. The van der Waals surface area contributed by atoms with Crippen LogP contribution in [0.2, 0.25) is 0 Å². The Labute approximate surface area is 141 Å². The molecule has 0 heterocycles. The number of unbranched alkanes of at least 4 members (excludes halogenated alkanes) is 9. The van der Waals surface area contributed by atoms with Crippen LogP contribution in [0.3, 0.4) is 0 Å². The summed E-state index contributed by atoms with van der Waals surface area (Å²) in [6.07, 6.45) is 26.9. The van der Waals surface area contributed by atoms with Crippen LogP contribution in [0.1, 0.15) is 111 Å². The summed E-state index contributed by atoms with van der Waals surface area (Å²) < 4.78 is 0. The molecular formula is C22H42. The summed E-state index contributed by atoms with van der Waals surface area (Å²) in [7, 11) is 0. The predicted octanol–water partition coefficient (Wildman–Crippen LogP) is 8.24. The van der Waals surface area contributed by atoms with Crippen molar-refractivity contribution in [3.05, 3.63) is 24.3 Å². The van der Waals surface area contributed by atoms with Crippen LogP contribution in [0.5, 0.6) is 0 Å². The summed E-state index contributed by atoms with van der Waals surface area (Å²) in [6.45, 7) is 9.30. The van der Waals surface area contributed by atoms with E-state index < -0.39 is 0 Å². The molecule has 22 heavy (non-hydrogen) atoms. The highest BCUT2D eigenvalue weighted by Gasteiger charge is 2.08. The molecule has 0 spiro atoms. The van der Waals surface area contributed by atoms with Gasteiger partial charge < -0.3 is 0 Å². The van der Waals surface area contributed by atoms with E-state index in [1.807, 2.05) is 0 Å². The third-order valence-corrected chi connectivity index (χ3v) is 4.13. The number of rotatable bonds is 14. The molecule has 0 N–H and O–H groups in total. The Morgan fingerprint density at radius 3 is 1.64 bits per heavy atom. The molecule has 0 atom stereocenters. The molecule has 0 saturated heterocycles. The number of hydrogen-bond acceptors (Lipinski definition) is 0. The van der Waals surface area contributed by atoms with E-state index in [0.717, 1.165) is 6.42 Å². The maximum Gasteiger partial charge on any atom is -0.0169 e. The predicted molar refractivity (Wildman–Crippen MR) is 103 cm³/mol. The highest BCUT2D eigenvalue weighted by molar-refractivity contribution is 4.92. The lowest BCUT2D eigenvalue weighted by molar-refractivity contribution is 0.356. The first-order valence-corrected chi connectivity index (χ1v) is 9.86. The van der Waals surface area contributed by atoms with Crippen LogP contribution in [0, 0.1) is 5.41 Å². The second-order valence-corrected chi connectivity index (χ2v) is 7.89. The first-order valence-electron chi connectivity index (χ1n) is 9.86. The quantitative estimate of drug-likeness (QED) is 0.224. The Morgan fingerprint density at radius 1 is 0.591 bits per heavy atom. The van der Waals surface area contributed by atoms with Gasteiger partial charge in [0.25, 0.3) is 0 Å². The molecule has 0 unspecified atom stereocenters. The number of allylic oxidation sites excluding steroid dienone is 4. The fraction of sp³-hybridized carbons (Fsp3) is 0.818. The second-order valence-electron chi connectivity index (χ2n) is 7.89. The molecular weight excluding hydrogens is 264 g/mol. The van der Waals surface area contributed by atoms with Crippen molar-refractivity contribution in [2.75, 3.05) is 0 Å². The van der Waals surface area contributed by atoms with Gasteiger partial charge in [0.1, 0.15) is 0 Å². The maximum absolute atomic E-state index is 2.37. The molecule has 0 aromatic heterocycles. The van der Waals surface area contributed by atoms with E-state index in [9.17, 15) is 0 Å². The fourth-order valence-electron chi connectivity index (χ4n) is 2.64. The molecule has 0 rings (SSSR count). The molecule has 0 saturated carbocycles. The van der Waals surface area contributed by atoms with Crippen molar-refractivity contribution in [2.24, 2.45) is 5.41 Å². The summed E-state index contributed by atoms with van der Waals surface area (Å²) in [6, 6.07) is 0. The zero-order valence-corrected chi connectivity index (χ0v) is 16.0. The van der Waals surface area contributed by atoms with Crippen molar-refractivity contribution in [1.29, 1.82) is 0 Å². The van der Waals surface area contributed by atoms with Gasteiger partial charge in [0.2, 0.25) is 0 Å². The normalized spacial score (nSPS) is 12.7. The lowest BCUT2D eigenvalue weighted by atomic mass is 9.89. The van der Waals surface area contributed by atoms with Crippen LogP contribution < -0.4 is 0 Å². The average molecular weight is 307 g/mol. The van der Waals surface area contributed by atoms with E-state index >= 15 is 0 Å². The molecule has 0 aliphatic rings. The van der Waals surface area contributed by atoms with Gasteiger partial charge in [0, 0.05) is 0 Å². The highest BCUT2D eigenvalue weighted by atomic mass is 14.1. The zero-order chi connectivity index (χ0) is 16.5. The van der Waals surface area contributed by atoms with Crippen molar-refractivity contribution >= 4 is 0 Å². The van der Waals surface area contributed by atoms with Crippen LogP contribution in [0.4, 0.5) is 0 Å². The van der Waals surface area contributed by atoms with E-state index in [1.54, 1.807) is 0 Å². The van der Waals surface area contributed by atoms with Crippen LogP contribution in [-0.4, -0.2) is 0 Å². The molecule has 0 aliphatic heterocycles. The molecule has 0 amide bonds. The van der Waals surface area contributed by atoms with Crippen LogP contribution >= 0.6 is 0 Å². The van der Waals surface area contributed by atoms with Gasteiger partial charge in [-0.15, -0.1) is 0 Å². The van der Waals surface area contributed by atoms with E-state index in [-0.39, 0.29) is 0 Å². The van der Waals surface area contributed by atoms with Gasteiger partial charge in [0.15, 0.2) is 0 Å². The van der Waals surface area contributed by atoms with Gasteiger partial charge in [-0.2, -0.15) is 0 Å². The topological polar surface area (TPSA) is 0 Å². The molecule has 0 fully saturated rings. The zero-order valence-electron chi connectivity index (χ0n) is 16.0. The summed E-state index contributed by atoms with van der Waals surface area (Å²) in [5.74, 6) is 0. The smallest absolute Gasteiger partial charge is 0.0169 e. The second kappa shape index (κ2) is 15.4. The first-order chi connectivity index (χ1) is 10.6. The van der Waals surface area contributed by atoms with Crippen molar-refractivity contribution in [3.63, 3.8) is 0 Å². The third-order valence-electron chi connectivity index (χ3n) is 4.13. The largest absolute Gasteiger partial charge is 0.0882 e. The molecule has 0 aromatic carbocycles. The lowest BCUT2D eigenvalue weighted by Crippen LogP contribution is -2.03. The molecule has 0 radical (unpaired) electrons. The van der Waals surface area contributed by atoms with Gasteiger partial charge in [0.05, 0.1) is 0 Å². The monoisotopic (exact) mass is 306 g/mol. The Hall–Kier alpha value is -0.520. The Morgan fingerprint density at radius 2 is 1.09 bits per heavy atom. The standard InChI is InChI=1S/C22H42/c1-5-6-7-8-9-10-11-12-13-14-15-16-17-18-19-20-21-22(2,3)4/h9-10,12-13H,5-8,11,14-21H2,1-4H3/b10-9+,13-12+. The fourth-order valence-corrected chi connectivity index (χ4v) is 2.64. The minimum absolute atomic E-state index is 0.523. The van der Waals surface area contributed by atoms with E-state index in [1.165, 1.54) is 77.0 Å². The van der Waals surface area contributed by atoms with Gasteiger partial charge in [-0.25, -0.2) is 0 Å². The van der Waals surface area contributed by atoms with E-state index in [0.29, 0.717) is 5.41 Å². The molecule has 0 bridgehead atoms. The first kappa shape index (κ1) is 21.5. The minimum Gasteiger partial charge on any atom is -0.0882 e. The molecule has 0 aromatic rings. The van der Waals surface area contributed by atoms with E-state index in [4.69, 9.17) is 0 Å². The Bertz CT molecular complexity index is 264. The minimum atomic E-state index is 0.523. The summed E-state index contributed by atoms with van der Waals surface area (Å²) in [5.41, 5.74) is 0.523. The average Bonchev–Trinajstić information content (AvgIpc) is 2.45. The number of hydrogen-bond donors (Lipinski definition) is 0. The van der Waals surface area contributed by atoms with Crippen LogP contribution in [0.15, 0.2) is 24.3 Å². The van der Waals surface area contributed by atoms with Crippen LogP contribution in [-0.2, 0) is 0 Å². The third kappa shape index (κ3) is 19.5. The SMILES string of the molecule is CCCCC/C=C/C/C=C/CCCCCCCCC(C)(C)C. The van der Waals surface area contributed by atoms with Crippen molar-refractivity contribution in [1.82, 2.24) is 0 Å². The van der Waals surface area contributed by atoms with Crippen molar-refractivity contribution in [3.8, 4) is 0 Å². The lowest BCUT2D eigenvalue weighted by Gasteiger charge is -2.17. The Balaban J connectivity index is 3.20. The highest BCUT2D eigenvalue weighted by Crippen LogP contribution is 2.22. The van der Waals surface area contributed by atoms with Crippen molar-refractivity contribution in [2.45, 2.75) is 111 Å². The molecule has 130 valence electrons. The van der Waals surface area contributed by atoms with Gasteiger partial charge in [-0.05, 0) is 43.9 Å². The van der Waals surface area contributed by atoms with E-state index in [2.05, 4.69) is 52.0 Å². The summed E-state index contributed by atoms with van der Waals surface area (Å²) in [5, 5.41) is 0. The van der Waals surface area contributed by atoms with Gasteiger partial charge >= 0.3 is 0 Å². The summed E-state index contributed by atoms with van der Waals surface area (Å²) in [4.78, 5) is 0. The molecule has 0 heteroatoms. The molecule has 0 aliphatic carbocycles. The molecule has 0 nitrogen and oxygen atoms in total. The van der Waals surface area contributed by atoms with Crippen LogP contribution in [0.25, 0.3) is 0 Å². The Kier molecular flexibility index (Phi) is 15.0. The van der Waals surface area contributed by atoms with Gasteiger partial charge in [-0.1, -0.05) is 96.9 Å². The van der Waals surface area contributed by atoms with Crippen molar-refractivity contribution < 1.29 is 0 Å². The maximum atomic E-state index is 2.37. The van der Waals surface area contributed by atoms with Gasteiger partial charge in [-0.3, -0.25) is 0 Å².